The molecule has 1 aromatic rings. The zero-order valence-corrected chi connectivity index (χ0v) is 6.36. The normalized spacial score (nSPS) is 11.2. The molecule has 58 valence electrons. The molecule has 0 radical (unpaired) electrons. The molecule has 0 heterocycles. The van der Waals surface area contributed by atoms with E-state index in [4.69, 9.17) is 11.7 Å². The van der Waals surface area contributed by atoms with Crippen LogP contribution in [0.2, 0.25) is 0 Å². The minimum atomic E-state index is -0.985. The highest BCUT2D eigenvalue weighted by atomic mass is 16.3. The third kappa shape index (κ3) is 1.45. The Kier molecular flexibility index (Phi) is 2.48. The fraction of sp³-hybridized carbons (Fsp3) is 0.100. The van der Waals surface area contributed by atoms with Crippen LogP contribution in [0.5, 0.6) is 0 Å². The van der Waals surface area contributed by atoms with Gasteiger partial charge in [-0.15, -0.1) is 6.42 Å². The van der Waals surface area contributed by atoms with Gasteiger partial charge in [0.15, 0.2) is 0 Å². The molecule has 0 saturated heterocycles. The van der Waals surface area contributed by atoms with Crippen LogP contribution < -0.4 is 0 Å². The first-order chi connectivity index (χ1) is 5.79. The predicted octanol–water partition coefficient (Wildman–Crippen LogP) is 1.22. The molecule has 1 rings (SSSR count). The van der Waals surface area contributed by atoms with Crippen LogP contribution in [-0.2, 0) is 0 Å². The molecule has 1 aromatic carbocycles. The smallest absolute Gasteiger partial charge is 0.141 e. The first kappa shape index (κ1) is 8.33. The maximum absolute atomic E-state index is 9.25. The van der Waals surface area contributed by atoms with Gasteiger partial charge in [0.1, 0.15) is 6.10 Å². The Labute approximate surface area is 71.1 Å². The molecule has 0 fully saturated rings. The summed E-state index contributed by atoms with van der Waals surface area (Å²) >= 11 is 0. The fourth-order valence-electron chi connectivity index (χ4n) is 0.927. The molecular weight excluding hydrogens is 150 g/mol. The summed E-state index contributed by atoms with van der Waals surface area (Å²) < 4.78 is 0. The number of terminal acetylenes is 1. The quantitative estimate of drug-likeness (QED) is 0.623. The molecular formula is C10H7NO. The van der Waals surface area contributed by atoms with E-state index in [9.17, 15) is 5.11 Å². The van der Waals surface area contributed by atoms with Crippen molar-refractivity contribution in [3.05, 3.63) is 35.4 Å². The number of nitrogens with zero attached hydrogens (tertiary/aromatic N) is 1. The summed E-state index contributed by atoms with van der Waals surface area (Å²) in [4.78, 5) is 0. The maximum Gasteiger partial charge on any atom is 0.141 e. The van der Waals surface area contributed by atoms with E-state index < -0.39 is 6.10 Å². The van der Waals surface area contributed by atoms with Crippen LogP contribution in [-0.4, -0.2) is 5.11 Å². The molecule has 0 aromatic heterocycles. The molecule has 0 bridgehead atoms. The number of aliphatic hydroxyl groups excluding tert-OH is 1. The molecule has 0 amide bonds. The van der Waals surface area contributed by atoms with Gasteiger partial charge in [0.05, 0.1) is 11.6 Å². The van der Waals surface area contributed by atoms with Gasteiger partial charge in [0.25, 0.3) is 0 Å². The van der Waals surface area contributed by atoms with E-state index >= 15 is 0 Å². The number of rotatable bonds is 1. The molecule has 1 N–H and O–H groups in total. The summed E-state index contributed by atoms with van der Waals surface area (Å²) in [6.45, 7) is 0. The van der Waals surface area contributed by atoms with Crippen LogP contribution in [0.4, 0.5) is 0 Å². The van der Waals surface area contributed by atoms with E-state index in [1.807, 2.05) is 6.07 Å². The van der Waals surface area contributed by atoms with Gasteiger partial charge in [0, 0.05) is 5.56 Å². The second kappa shape index (κ2) is 3.57. The van der Waals surface area contributed by atoms with Crippen molar-refractivity contribution in [2.75, 3.05) is 0 Å². The largest absolute Gasteiger partial charge is 0.376 e. The maximum atomic E-state index is 9.25. The van der Waals surface area contributed by atoms with Gasteiger partial charge in [-0.2, -0.15) is 5.26 Å². The van der Waals surface area contributed by atoms with E-state index in [1.54, 1.807) is 24.3 Å². The van der Waals surface area contributed by atoms with Crippen LogP contribution in [0.1, 0.15) is 17.2 Å². The van der Waals surface area contributed by atoms with Crippen LogP contribution in [0.3, 0.4) is 0 Å². The Bertz CT molecular complexity index is 357. The number of nitriles is 1. The number of aliphatic hydroxyl groups is 1. The Balaban J connectivity index is 3.18. The highest BCUT2D eigenvalue weighted by Crippen LogP contribution is 2.15. The minimum Gasteiger partial charge on any atom is -0.376 e. The molecule has 0 spiro atoms. The topological polar surface area (TPSA) is 44.0 Å². The van der Waals surface area contributed by atoms with Crippen molar-refractivity contribution in [3.63, 3.8) is 0 Å². The standard InChI is InChI=1S/C10H7NO/c1-2-10(12)9-6-4-3-5-8(9)7-11/h1,3-6,10,12H. The summed E-state index contributed by atoms with van der Waals surface area (Å²) in [7, 11) is 0. The monoisotopic (exact) mass is 157 g/mol. The van der Waals surface area contributed by atoms with Crippen LogP contribution in [0, 0.1) is 23.7 Å². The molecule has 2 nitrogen and oxygen atoms in total. The van der Waals surface area contributed by atoms with E-state index in [1.165, 1.54) is 0 Å². The van der Waals surface area contributed by atoms with Crippen molar-refractivity contribution in [2.45, 2.75) is 6.10 Å². The lowest BCUT2D eigenvalue weighted by Gasteiger charge is -2.04. The molecule has 12 heavy (non-hydrogen) atoms. The summed E-state index contributed by atoms with van der Waals surface area (Å²) in [5.41, 5.74) is 0.908. The van der Waals surface area contributed by atoms with Gasteiger partial charge >= 0.3 is 0 Å². The van der Waals surface area contributed by atoms with Crippen molar-refractivity contribution in [2.24, 2.45) is 0 Å². The zero-order chi connectivity index (χ0) is 8.97. The van der Waals surface area contributed by atoms with Gasteiger partial charge in [-0.1, -0.05) is 24.1 Å². The average Bonchev–Trinajstić information content (AvgIpc) is 2.16. The second-order valence-electron chi connectivity index (χ2n) is 2.27. The highest BCUT2D eigenvalue weighted by molar-refractivity contribution is 5.40. The van der Waals surface area contributed by atoms with E-state index in [0.717, 1.165) is 0 Å². The van der Waals surface area contributed by atoms with Gasteiger partial charge in [-0.05, 0) is 6.07 Å². The van der Waals surface area contributed by atoms with Crippen molar-refractivity contribution in [1.29, 1.82) is 5.26 Å². The molecule has 1 atom stereocenters. The first-order valence-electron chi connectivity index (χ1n) is 3.43. The summed E-state index contributed by atoms with van der Waals surface area (Å²) in [6.07, 6.45) is 4.03. The fourth-order valence-corrected chi connectivity index (χ4v) is 0.927. The van der Waals surface area contributed by atoms with E-state index in [-0.39, 0.29) is 0 Å². The van der Waals surface area contributed by atoms with Gasteiger partial charge in [-0.25, -0.2) is 0 Å². The van der Waals surface area contributed by atoms with Crippen molar-refractivity contribution < 1.29 is 5.11 Å². The van der Waals surface area contributed by atoms with Crippen LogP contribution in [0.15, 0.2) is 24.3 Å². The van der Waals surface area contributed by atoms with Crippen LogP contribution >= 0.6 is 0 Å². The third-order valence-corrected chi connectivity index (χ3v) is 1.53. The van der Waals surface area contributed by atoms with Gasteiger partial charge in [-0.3, -0.25) is 0 Å². The first-order valence-corrected chi connectivity index (χ1v) is 3.43. The van der Waals surface area contributed by atoms with Crippen molar-refractivity contribution in [1.82, 2.24) is 0 Å². The lowest BCUT2D eigenvalue weighted by atomic mass is 10.0. The van der Waals surface area contributed by atoms with Gasteiger partial charge < -0.3 is 5.11 Å². The second-order valence-corrected chi connectivity index (χ2v) is 2.27. The Morgan fingerprint density at radius 2 is 2.08 bits per heavy atom. The third-order valence-electron chi connectivity index (χ3n) is 1.53. The van der Waals surface area contributed by atoms with Crippen molar-refractivity contribution in [3.8, 4) is 18.4 Å². The summed E-state index contributed by atoms with van der Waals surface area (Å²) in [5.74, 6) is 2.16. The Morgan fingerprint density at radius 3 is 2.67 bits per heavy atom. The molecule has 2 heteroatoms. The average molecular weight is 157 g/mol. The molecule has 0 saturated carbocycles. The lowest BCUT2D eigenvalue weighted by molar-refractivity contribution is 0.238. The number of hydrogen-bond acceptors (Lipinski definition) is 2. The molecule has 0 aliphatic carbocycles. The summed E-state index contributed by atoms with van der Waals surface area (Å²) in [6, 6.07) is 8.68. The zero-order valence-electron chi connectivity index (χ0n) is 6.36. The molecule has 1 unspecified atom stereocenters. The molecule has 0 aliphatic heterocycles. The lowest BCUT2D eigenvalue weighted by Crippen LogP contribution is -1.96. The Morgan fingerprint density at radius 1 is 1.42 bits per heavy atom. The van der Waals surface area contributed by atoms with E-state index in [0.29, 0.717) is 11.1 Å². The van der Waals surface area contributed by atoms with E-state index in [2.05, 4.69) is 5.92 Å². The van der Waals surface area contributed by atoms with Gasteiger partial charge in [0.2, 0.25) is 0 Å². The van der Waals surface area contributed by atoms with Crippen molar-refractivity contribution >= 4 is 0 Å². The summed E-state index contributed by atoms with van der Waals surface area (Å²) in [5, 5.41) is 17.9. The van der Waals surface area contributed by atoms with Crippen LogP contribution in [0.25, 0.3) is 0 Å². The number of benzene rings is 1. The highest BCUT2D eigenvalue weighted by Gasteiger charge is 2.07. The minimum absolute atomic E-state index is 0.419. The number of hydrogen-bond donors (Lipinski definition) is 1. The molecule has 0 aliphatic rings. The SMILES string of the molecule is C#CC(O)c1ccccc1C#N. The Hall–Kier alpha value is -1.77. The predicted molar refractivity (Wildman–Crippen MR) is 44.9 cm³/mol.